The summed E-state index contributed by atoms with van der Waals surface area (Å²) in [6.07, 6.45) is 3.48. The number of benzene rings is 2. The fraction of sp³-hybridized carbons (Fsp3) is 0.333. The first-order valence-corrected chi connectivity index (χ1v) is 11.3. The molecular formula is C21H24FN3O4S. The summed E-state index contributed by atoms with van der Waals surface area (Å²) in [5.41, 5.74) is 0.555. The monoisotopic (exact) mass is 433 g/mol. The van der Waals surface area contributed by atoms with E-state index in [0.717, 1.165) is 31.4 Å². The summed E-state index contributed by atoms with van der Waals surface area (Å²) in [7, 11) is -3.86. The van der Waals surface area contributed by atoms with Gasteiger partial charge in [-0.05, 0) is 61.4 Å². The van der Waals surface area contributed by atoms with E-state index >= 15 is 0 Å². The topological polar surface area (TPSA) is 95.6 Å². The number of carbonyl (C=O) groups is 2. The Labute approximate surface area is 175 Å². The van der Waals surface area contributed by atoms with Gasteiger partial charge in [0.25, 0.3) is 15.9 Å². The van der Waals surface area contributed by atoms with Crippen molar-refractivity contribution in [1.29, 1.82) is 0 Å². The molecule has 7 nitrogen and oxygen atoms in total. The van der Waals surface area contributed by atoms with Crippen LogP contribution in [0.1, 0.15) is 36.0 Å². The number of nitrogens with zero attached hydrogens (tertiary/aromatic N) is 1. The molecule has 2 amide bonds. The molecule has 0 radical (unpaired) electrons. The zero-order valence-electron chi connectivity index (χ0n) is 16.4. The van der Waals surface area contributed by atoms with Gasteiger partial charge in [0, 0.05) is 37.3 Å². The molecule has 0 unspecified atom stereocenters. The molecule has 0 atom stereocenters. The first-order chi connectivity index (χ1) is 14.3. The van der Waals surface area contributed by atoms with Crippen LogP contribution in [0, 0.1) is 5.82 Å². The Balaban J connectivity index is 1.55. The van der Waals surface area contributed by atoms with Crippen LogP contribution in [0.25, 0.3) is 0 Å². The molecular weight excluding hydrogens is 409 g/mol. The quantitative estimate of drug-likeness (QED) is 0.702. The molecule has 1 aliphatic heterocycles. The highest BCUT2D eigenvalue weighted by atomic mass is 32.2. The number of anilines is 1. The number of hydrogen-bond acceptors (Lipinski definition) is 4. The van der Waals surface area contributed by atoms with E-state index in [1.54, 1.807) is 4.90 Å². The Morgan fingerprint density at radius 2 is 1.70 bits per heavy atom. The molecule has 160 valence electrons. The summed E-state index contributed by atoms with van der Waals surface area (Å²) in [6, 6.07) is 10.5. The van der Waals surface area contributed by atoms with E-state index in [2.05, 4.69) is 10.0 Å². The maximum Gasteiger partial charge on any atom is 0.261 e. The van der Waals surface area contributed by atoms with Crippen LogP contribution >= 0.6 is 0 Å². The summed E-state index contributed by atoms with van der Waals surface area (Å²) in [5, 5.41) is 2.76. The van der Waals surface area contributed by atoms with Gasteiger partial charge in [-0.1, -0.05) is 6.42 Å². The van der Waals surface area contributed by atoms with Gasteiger partial charge in [0.2, 0.25) is 5.91 Å². The second kappa shape index (κ2) is 9.71. The van der Waals surface area contributed by atoms with Gasteiger partial charge in [-0.3, -0.25) is 14.3 Å². The molecule has 3 rings (SSSR count). The summed E-state index contributed by atoms with van der Waals surface area (Å²) in [4.78, 5) is 26.0. The molecule has 0 bridgehead atoms. The molecule has 1 saturated heterocycles. The second-order valence-electron chi connectivity index (χ2n) is 7.08. The third-order valence-corrected chi connectivity index (χ3v) is 6.26. The number of amides is 2. The Hall–Kier alpha value is -2.94. The number of hydrogen-bond donors (Lipinski definition) is 2. The van der Waals surface area contributed by atoms with Crippen LogP contribution < -0.4 is 10.0 Å². The molecule has 2 aromatic carbocycles. The van der Waals surface area contributed by atoms with Crippen molar-refractivity contribution in [2.75, 3.05) is 24.4 Å². The predicted molar refractivity (Wildman–Crippen MR) is 111 cm³/mol. The Morgan fingerprint density at radius 1 is 1.00 bits per heavy atom. The summed E-state index contributed by atoms with van der Waals surface area (Å²) >= 11 is 0. The van der Waals surface area contributed by atoms with Crippen molar-refractivity contribution in [3.8, 4) is 0 Å². The predicted octanol–water partition coefficient (Wildman–Crippen LogP) is 2.76. The van der Waals surface area contributed by atoms with E-state index in [9.17, 15) is 22.4 Å². The standard InChI is InChI=1S/C21H24FN3O4S/c22-17-7-9-18(10-8-17)24-30(28,29)19-11-5-16(6-12-19)21(27)23-13-15-25-14-3-1-2-4-20(25)26/h5-12,24H,1-4,13-15H2,(H,23,27). The van der Waals surface area contributed by atoms with E-state index in [1.165, 1.54) is 36.4 Å². The Kier molecular flexibility index (Phi) is 7.04. The van der Waals surface area contributed by atoms with E-state index in [1.807, 2.05) is 0 Å². The van der Waals surface area contributed by atoms with E-state index < -0.39 is 15.8 Å². The molecule has 1 fully saturated rings. The van der Waals surface area contributed by atoms with Crippen LogP contribution in [0.5, 0.6) is 0 Å². The highest BCUT2D eigenvalue weighted by Gasteiger charge is 2.17. The number of carbonyl (C=O) groups excluding carboxylic acids is 2. The summed E-state index contributed by atoms with van der Waals surface area (Å²) < 4.78 is 40.2. The summed E-state index contributed by atoms with van der Waals surface area (Å²) in [6.45, 7) is 1.50. The Bertz CT molecular complexity index is 992. The zero-order chi connectivity index (χ0) is 21.6. The summed E-state index contributed by atoms with van der Waals surface area (Å²) in [5.74, 6) is -0.689. The van der Waals surface area contributed by atoms with Crippen LogP contribution in [-0.4, -0.2) is 44.8 Å². The molecule has 1 heterocycles. The third-order valence-electron chi connectivity index (χ3n) is 4.86. The zero-order valence-corrected chi connectivity index (χ0v) is 17.3. The van der Waals surface area contributed by atoms with Crippen molar-refractivity contribution in [3.05, 3.63) is 59.9 Å². The molecule has 0 aliphatic carbocycles. The molecule has 9 heteroatoms. The lowest BCUT2D eigenvalue weighted by atomic mass is 10.2. The fourth-order valence-corrected chi connectivity index (χ4v) is 4.26. The molecule has 0 spiro atoms. The van der Waals surface area contributed by atoms with Gasteiger partial charge in [0.1, 0.15) is 5.82 Å². The first-order valence-electron chi connectivity index (χ1n) is 9.79. The van der Waals surface area contributed by atoms with Crippen molar-refractivity contribution in [3.63, 3.8) is 0 Å². The number of halogens is 1. The SMILES string of the molecule is O=C(NCCN1CCCCCC1=O)c1ccc(S(=O)(=O)Nc2ccc(F)cc2)cc1. The van der Waals surface area contributed by atoms with Gasteiger partial charge in [-0.25, -0.2) is 12.8 Å². The molecule has 1 aliphatic rings. The normalized spacial score (nSPS) is 14.8. The maximum absolute atomic E-state index is 13.0. The van der Waals surface area contributed by atoms with Crippen molar-refractivity contribution in [1.82, 2.24) is 10.2 Å². The lowest BCUT2D eigenvalue weighted by molar-refractivity contribution is -0.130. The van der Waals surface area contributed by atoms with Gasteiger partial charge < -0.3 is 10.2 Å². The van der Waals surface area contributed by atoms with Crippen LogP contribution in [0.4, 0.5) is 10.1 Å². The van der Waals surface area contributed by atoms with Crippen LogP contribution in [0.15, 0.2) is 53.4 Å². The minimum atomic E-state index is -3.86. The lowest BCUT2D eigenvalue weighted by Crippen LogP contribution is -2.38. The average molecular weight is 434 g/mol. The lowest BCUT2D eigenvalue weighted by Gasteiger charge is -2.20. The van der Waals surface area contributed by atoms with Crippen molar-refractivity contribution < 1.29 is 22.4 Å². The van der Waals surface area contributed by atoms with Gasteiger partial charge in [0.05, 0.1) is 4.90 Å². The van der Waals surface area contributed by atoms with E-state index in [0.29, 0.717) is 31.6 Å². The largest absolute Gasteiger partial charge is 0.350 e. The van der Waals surface area contributed by atoms with E-state index in [-0.39, 0.29) is 22.4 Å². The minimum Gasteiger partial charge on any atom is -0.350 e. The first kappa shape index (κ1) is 21.8. The smallest absolute Gasteiger partial charge is 0.261 e. The number of likely N-dealkylation sites (tertiary alicyclic amines) is 1. The molecule has 0 saturated carbocycles. The van der Waals surface area contributed by atoms with Crippen LogP contribution in [0.2, 0.25) is 0 Å². The van der Waals surface area contributed by atoms with Gasteiger partial charge in [0.15, 0.2) is 0 Å². The third kappa shape index (κ3) is 5.79. The highest BCUT2D eigenvalue weighted by Crippen LogP contribution is 2.17. The second-order valence-corrected chi connectivity index (χ2v) is 8.77. The Morgan fingerprint density at radius 3 is 2.40 bits per heavy atom. The number of nitrogens with one attached hydrogen (secondary N) is 2. The maximum atomic E-state index is 13.0. The van der Waals surface area contributed by atoms with E-state index in [4.69, 9.17) is 0 Å². The highest BCUT2D eigenvalue weighted by molar-refractivity contribution is 7.92. The van der Waals surface area contributed by atoms with Crippen molar-refractivity contribution in [2.45, 2.75) is 30.6 Å². The van der Waals surface area contributed by atoms with Crippen molar-refractivity contribution >= 4 is 27.5 Å². The molecule has 30 heavy (non-hydrogen) atoms. The molecule has 2 aromatic rings. The molecule has 0 aromatic heterocycles. The fourth-order valence-electron chi connectivity index (χ4n) is 3.20. The van der Waals surface area contributed by atoms with Crippen molar-refractivity contribution in [2.24, 2.45) is 0 Å². The molecule has 2 N–H and O–H groups in total. The number of sulfonamides is 1. The van der Waals surface area contributed by atoms with Gasteiger partial charge in [-0.2, -0.15) is 0 Å². The van der Waals surface area contributed by atoms with Gasteiger partial charge >= 0.3 is 0 Å². The minimum absolute atomic E-state index is 0.0152. The van der Waals surface area contributed by atoms with Crippen LogP contribution in [-0.2, 0) is 14.8 Å². The average Bonchev–Trinajstić information content (AvgIpc) is 2.94. The van der Waals surface area contributed by atoms with Gasteiger partial charge in [-0.15, -0.1) is 0 Å². The number of rotatable bonds is 7. The van der Waals surface area contributed by atoms with Crippen LogP contribution in [0.3, 0.4) is 0 Å².